The summed E-state index contributed by atoms with van der Waals surface area (Å²) in [6.45, 7) is 4.01. The average molecular weight is 495 g/mol. The Balaban J connectivity index is 1.65. The van der Waals surface area contributed by atoms with E-state index in [0.717, 1.165) is 28.1 Å². The van der Waals surface area contributed by atoms with Gasteiger partial charge >= 0.3 is 5.97 Å². The number of ketones is 1. The largest absolute Gasteiger partial charge is 0.487 e. The molecule has 0 spiro atoms. The maximum atomic E-state index is 12.6. The smallest absolute Gasteiger partial charge is 0.304 e. The molecule has 182 valence electrons. The van der Waals surface area contributed by atoms with Gasteiger partial charge in [-0.1, -0.05) is 12.1 Å². The topological polar surface area (TPSA) is 123 Å². The van der Waals surface area contributed by atoms with Crippen LogP contribution in [0.5, 0.6) is 5.75 Å². The van der Waals surface area contributed by atoms with Crippen LogP contribution in [0.15, 0.2) is 71.8 Å². The van der Waals surface area contributed by atoms with Crippen LogP contribution in [0.1, 0.15) is 39.2 Å². The number of aryl methyl sites for hydroxylation is 2. The Morgan fingerprint density at radius 3 is 2.34 bits per heavy atom. The third kappa shape index (κ3) is 7.33. The highest BCUT2D eigenvalue weighted by atomic mass is 32.2. The maximum Gasteiger partial charge on any atom is 0.304 e. The summed E-state index contributed by atoms with van der Waals surface area (Å²) in [5, 5.41) is 8.63. The van der Waals surface area contributed by atoms with E-state index in [1.54, 1.807) is 12.3 Å². The number of ether oxygens (including phenoxy) is 1. The second-order valence-corrected chi connectivity index (χ2v) is 9.62. The molecule has 1 aromatic heterocycles. The highest BCUT2D eigenvalue weighted by Gasteiger charge is 2.15. The minimum absolute atomic E-state index is 0.0454. The molecule has 0 atom stereocenters. The number of benzene rings is 2. The van der Waals surface area contributed by atoms with Gasteiger partial charge in [0.05, 0.1) is 17.0 Å². The van der Waals surface area contributed by atoms with E-state index in [-0.39, 0.29) is 23.6 Å². The minimum Gasteiger partial charge on any atom is -0.487 e. The lowest BCUT2D eigenvalue weighted by molar-refractivity contribution is -0.136. The highest BCUT2D eigenvalue weighted by molar-refractivity contribution is 7.89. The van der Waals surface area contributed by atoms with Crippen LogP contribution in [-0.4, -0.2) is 36.8 Å². The quantitative estimate of drug-likeness (QED) is 0.306. The van der Waals surface area contributed by atoms with Gasteiger partial charge in [0.2, 0.25) is 10.0 Å². The highest BCUT2D eigenvalue weighted by Crippen LogP contribution is 2.26. The molecule has 0 unspecified atom stereocenters. The van der Waals surface area contributed by atoms with E-state index in [4.69, 9.17) is 9.84 Å². The van der Waals surface area contributed by atoms with E-state index in [1.165, 1.54) is 30.3 Å². The predicted octanol–water partition coefficient (Wildman–Crippen LogP) is 3.93. The molecular weight excluding hydrogens is 468 g/mol. The van der Waals surface area contributed by atoms with Gasteiger partial charge in [-0.25, -0.2) is 13.1 Å². The molecule has 3 rings (SSSR count). The first-order valence-electron chi connectivity index (χ1n) is 10.8. The van der Waals surface area contributed by atoms with Crippen molar-refractivity contribution in [3.8, 4) is 5.75 Å². The van der Waals surface area contributed by atoms with Crippen LogP contribution in [0.25, 0.3) is 6.08 Å². The summed E-state index contributed by atoms with van der Waals surface area (Å²) in [5.41, 5.74) is 3.85. The second kappa shape index (κ2) is 11.5. The first-order valence-corrected chi connectivity index (χ1v) is 12.3. The summed E-state index contributed by atoms with van der Waals surface area (Å²) in [6, 6.07) is 15.0. The zero-order chi connectivity index (χ0) is 25.4. The average Bonchev–Trinajstić information content (AvgIpc) is 2.82. The number of allylic oxidation sites excluding steroid dienone is 1. The lowest BCUT2D eigenvalue weighted by Gasteiger charge is -2.13. The first-order chi connectivity index (χ1) is 16.7. The summed E-state index contributed by atoms with van der Waals surface area (Å²) in [4.78, 5) is 27.3. The van der Waals surface area contributed by atoms with Gasteiger partial charge in [-0.3, -0.25) is 14.6 Å². The molecule has 9 heteroatoms. The van der Waals surface area contributed by atoms with Gasteiger partial charge in [-0.15, -0.1) is 0 Å². The molecule has 0 aliphatic carbocycles. The molecule has 35 heavy (non-hydrogen) atoms. The van der Waals surface area contributed by atoms with Crippen molar-refractivity contribution in [2.45, 2.75) is 31.8 Å². The lowest BCUT2D eigenvalue weighted by Crippen LogP contribution is -2.26. The number of hydrogen-bond acceptors (Lipinski definition) is 6. The van der Waals surface area contributed by atoms with E-state index in [9.17, 15) is 18.0 Å². The SMILES string of the molecule is Cc1cc(/C=C/C(=O)c2ccc(S(=O)(=O)NCCC(=O)O)cc2)cc(C)c1OCc1ccccn1. The number of carboxylic acids is 1. The van der Waals surface area contributed by atoms with Crippen LogP contribution in [0.4, 0.5) is 0 Å². The fourth-order valence-corrected chi connectivity index (χ4v) is 4.41. The standard InChI is InChI=1S/C26H26N2O6S/c1-18-15-20(16-19(2)26(18)34-17-22-5-3-4-13-27-22)6-11-24(29)21-7-9-23(10-8-21)35(32,33)28-14-12-25(30)31/h3-11,13,15-16,28H,12,14,17H2,1-2H3,(H,30,31)/b11-6+. The lowest BCUT2D eigenvalue weighted by atomic mass is 10.0. The molecule has 1 heterocycles. The summed E-state index contributed by atoms with van der Waals surface area (Å²) in [5.74, 6) is -0.607. The Kier molecular flexibility index (Phi) is 8.51. The number of rotatable bonds is 11. The van der Waals surface area contributed by atoms with Gasteiger partial charge in [0.1, 0.15) is 12.4 Å². The van der Waals surface area contributed by atoms with E-state index in [1.807, 2.05) is 44.2 Å². The molecule has 2 aromatic carbocycles. The molecule has 8 nitrogen and oxygen atoms in total. The first kappa shape index (κ1) is 25.8. The van der Waals surface area contributed by atoms with Crippen molar-refractivity contribution in [1.29, 1.82) is 0 Å². The molecule has 0 saturated carbocycles. The van der Waals surface area contributed by atoms with Crippen molar-refractivity contribution in [1.82, 2.24) is 9.71 Å². The van der Waals surface area contributed by atoms with E-state index >= 15 is 0 Å². The van der Waals surface area contributed by atoms with Crippen LogP contribution < -0.4 is 9.46 Å². The fourth-order valence-electron chi connectivity index (χ4n) is 3.38. The van der Waals surface area contributed by atoms with Gasteiger partial charge in [-0.2, -0.15) is 0 Å². The van der Waals surface area contributed by atoms with E-state index in [0.29, 0.717) is 12.2 Å². The Morgan fingerprint density at radius 1 is 1.06 bits per heavy atom. The van der Waals surface area contributed by atoms with Crippen molar-refractivity contribution in [2.75, 3.05) is 6.54 Å². The number of carbonyl (C=O) groups excluding carboxylic acids is 1. The second-order valence-electron chi connectivity index (χ2n) is 7.86. The number of pyridine rings is 1. The number of nitrogens with zero attached hydrogens (tertiary/aromatic N) is 1. The van der Waals surface area contributed by atoms with Crippen LogP contribution in [0.2, 0.25) is 0 Å². The van der Waals surface area contributed by atoms with Crippen LogP contribution in [0, 0.1) is 13.8 Å². The third-order valence-electron chi connectivity index (χ3n) is 5.08. The zero-order valence-electron chi connectivity index (χ0n) is 19.4. The molecule has 0 aliphatic heterocycles. The Labute approximate surface area is 204 Å². The van der Waals surface area contributed by atoms with Crippen LogP contribution in [0.3, 0.4) is 0 Å². The summed E-state index contributed by atoms with van der Waals surface area (Å²) < 4.78 is 32.6. The molecule has 0 amide bonds. The van der Waals surface area contributed by atoms with Crippen molar-refractivity contribution < 1.29 is 27.9 Å². The molecule has 0 aliphatic rings. The summed E-state index contributed by atoms with van der Waals surface area (Å²) >= 11 is 0. The number of sulfonamides is 1. The minimum atomic E-state index is -3.85. The molecule has 0 bridgehead atoms. The van der Waals surface area contributed by atoms with Gasteiger partial charge in [0, 0.05) is 18.3 Å². The number of nitrogens with one attached hydrogen (secondary N) is 1. The number of aromatic nitrogens is 1. The van der Waals surface area contributed by atoms with Crippen LogP contribution in [-0.2, 0) is 21.4 Å². The molecular formula is C26H26N2O6S. The van der Waals surface area contributed by atoms with Crippen molar-refractivity contribution in [2.24, 2.45) is 0 Å². The number of hydrogen-bond donors (Lipinski definition) is 2. The predicted molar refractivity (Wildman–Crippen MR) is 132 cm³/mol. The molecule has 0 radical (unpaired) electrons. The number of carboxylic acid groups (broad SMARTS) is 1. The molecule has 0 fully saturated rings. The Morgan fingerprint density at radius 2 is 1.74 bits per heavy atom. The van der Waals surface area contributed by atoms with Gasteiger partial charge in [0.25, 0.3) is 0 Å². The van der Waals surface area contributed by atoms with E-state index < -0.39 is 16.0 Å². The van der Waals surface area contributed by atoms with E-state index in [2.05, 4.69) is 9.71 Å². The summed E-state index contributed by atoms with van der Waals surface area (Å²) in [6.07, 6.45) is 4.52. The van der Waals surface area contributed by atoms with Crippen molar-refractivity contribution in [3.63, 3.8) is 0 Å². The number of carbonyl (C=O) groups is 2. The zero-order valence-corrected chi connectivity index (χ0v) is 20.2. The molecule has 0 saturated heterocycles. The normalized spacial score (nSPS) is 11.5. The monoisotopic (exact) mass is 494 g/mol. The molecule has 3 aromatic rings. The summed E-state index contributed by atoms with van der Waals surface area (Å²) in [7, 11) is -3.85. The van der Waals surface area contributed by atoms with Gasteiger partial charge in [0.15, 0.2) is 5.78 Å². The Hall–Kier alpha value is -3.82. The number of aliphatic carboxylic acids is 1. The fraction of sp³-hybridized carbons (Fsp3) is 0.192. The maximum absolute atomic E-state index is 12.6. The Bertz CT molecular complexity index is 1310. The third-order valence-corrected chi connectivity index (χ3v) is 6.56. The molecule has 2 N–H and O–H groups in total. The van der Waals surface area contributed by atoms with Gasteiger partial charge < -0.3 is 9.84 Å². The van der Waals surface area contributed by atoms with Crippen LogP contribution >= 0.6 is 0 Å². The van der Waals surface area contributed by atoms with Crippen molar-refractivity contribution in [3.05, 3.63) is 94.8 Å². The van der Waals surface area contributed by atoms with Gasteiger partial charge in [-0.05, 0) is 85.1 Å². The van der Waals surface area contributed by atoms with Crippen molar-refractivity contribution >= 4 is 27.9 Å².